The van der Waals surface area contributed by atoms with Crippen LogP contribution in [0.5, 0.6) is 5.88 Å². The monoisotopic (exact) mass is 484 g/mol. The standard InChI is InChI=1S/C25H26F2N4O4/c1-15(2)22(29-18-6-3-16(4-7-18)25(34)28-12-11-24(32)33)14-35-23-10-9-21(30-31-23)19-8-5-17(26)13-20(19)27/h3-10,13,15,22,29H,11-12,14H2,1-2H3,(H,28,34)(H,32,33)/t22-/m1/s1. The lowest BCUT2D eigenvalue weighted by Gasteiger charge is -2.23. The number of nitrogens with zero attached hydrogens (tertiary/aromatic N) is 2. The zero-order valence-electron chi connectivity index (χ0n) is 19.3. The van der Waals surface area contributed by atoms with Gasteiger partial charge in [-0.25, -0.2) is 8.78 Å². The molecule has 2 aromatic carbocycles. The molecule has 1 aromatic heterocycles. The number of aliphatic carboxylic acids is 1. The van der Waals surface area contributed by atoms with E-state index < -0.39 is 17.6 Å². The van der Waals surface area contributed by atoms with Crippen LogP contribution in [-0.2, 0) is 4.79 Å². The molecule has 3 rings (SSSR count). The Hall–Kier alpha value is -4.08. The van der Waals surface area contributed by atoms with E-state index in [2.05, 4.69) is 20.8 Å². The minimum absolute atomic E-state index is 0.0592. The number of nitrogens with one attached hydrogen (secondary N) is 2. The van der Waals surface area contributed by atoms with Crippen LogP contribution in [0.4, 0.5) is 14.5 Å². The van der Waals surface area contributed by atoms with Gasteiger partial charge in [0, 0.05) is 35.5 Å². The van der Waals surface area contributed by atoms with Crippen molar-refractivity contribution < 1.29 is 28.2 Å². The van der Waals surface area contributed by atoms with E-state index in [1.54, 1.807) is 36.4 Å². The van der Waals surface area contributed by atoms with E-state index in [4.69, 9.17) is 9.84 Å². The Kier molecular flexibility index (Phi) is 8.66. The second kappa shape index (κ2) is 11.9. The van der Waals surface area contributed by atoms with Gasteiger partial charge in [-0.15, -0.1) is 10.2 Å². The summed E-state index contributed by atoms with van der Waals surface area (Å²) in [7, 11) is 0. The Morgan fingerprint density at radius 1 is 1.03 bits per heavy atom. The summed E-state index contributed by atoms with van der Waals surface area (Å²) in [4.78, 5) is 22.6. The van der Waals surface area contributed by atoms with Crippen LogP contribution in [-0.4, -0.2) is 46.4 Å². The van der Waals surface area contributed by atoms with Gasteiger partial charge in [-0.05, 0) is 48.4 Å². The molecule has 8 nitrogen and oxygen atoms in total. The number of ether oxygens (including phenoxy) is 1. The number of anilines is 1. The Morgan fingerprint density at radius 3 is 2.37 bits per heavy atom. The molecular formula is C25H26F2N4O4. The zero-order chi connectivity index (χ0) is 25.4. The average molecular weight is 485 g/mol. The van der Waals surface area contributed by atoms with Crippen molar-refractivity contribution in [1.82, 2.24) is 15.5 Å². The van der Waals surface area contributed by atoms with E-state index in [9.17, 15) is 18.4 Å². The molecule has 0 aliphatic carbocycles. The predicted molar refractivity (Wildman–Crippen MR) is 126 cm³/mol. The van der Waals surface area contributed by atoms with Crippen molar-refractivity contribution >= 4 is 17.6 Å². The van der Waals surface area contributed by atoms with Crippen LogP contribution >= 0.6 is 0 Å². The second-order valence-electron chi connectivity index (χ2n) is 8.16. The fourth-order valence-electron chi connectivity index (χ4n) is 3.13. The molecule has 0 aliphatic heterocycles. The van der Waals surface area contributed by atoms with Gasteiger partial charge in [0.1, 0.15) is 18.2 Å². The summed E-state index contributed by atoms with van der Waals surface area (Å²) >= 11 is 0. The molecule has 35 heavy (non-hydrogen) atoms. The minimum Gasteiger partial charge on any atom is -0.481 e. The van der Waals surface area contributed by atoms with Crippen LogP contribution in [0.25, 0.3) is 11.3 Å². The Morgan fingerprint density at radius 2 is 1.77 bits per heavy atom. The fraction of sp³-hybridized carbons (Fsp3) is 0.280. The number of carboxylic acid groups (broad SMARTS) is 1. The van der Waals surface area contributed by atoms with E-state index in [1.807, 2.05) is 13.8 Å². The summed E-state index contributed by atoms with van der Waals surface area (Å²) in [5.41, 5.74) is 1.61. The van der Waals surface area contributed by atoms with Gasteiger partial charge in [-0.2, -0.15) is 0 Å². The second-order valence-corrected chi connectivity index (χ2v) is 8.16. The SMILES string of the molecule is CC(C)[C@@H](COc1ccc(-c2ccc(F)cc2F)nn1)Nc1ccc(C(=O)NCCC(=O)O)cc1. The quantitative estimate of drug-likeness (QED) is 0.375. The van der Waals surface area contributed by atoms with Gasteiger partial charge in [-0.1, -0.05) is 13.8 Å². The first kappa shape index (κ1) is 25.5. The van der Waals surface area contributed by atoms with Crippen LogP contribution in [0.15, 0.2) is 54.6 Å². The largest absolute Gasteiger partial charge is 0.481 e. The fourth-order valence-corrected chi connectivity index (χ4v) is 3.13. The third kappa shape index (κ3) is 7.46. The number of carboxylic acids is 1. The first-order chi connectivity index (χ1) is 16.7. The highest BCUT2D eigenvalue weighted by atomic mass is 19.1. The lowest BCUT2D eigenvalue weighted by molar-refractivity contribution is -0.136. The van der Waals surface area contributed by atoms with E-state index in [1.165, 1.54) is 6.07 Å². The van der Waals surface area contributed by atoms with Crippen LogP contribution in [0.3, 0.4) is 0 Å². The maximum atomic E-state index is 13.9. The predicted octanol–water partition coefficient (Wildman–Crippen LogP) is 4.14. The number of carbonyl (C=O) groups is 2. The first-order valence-electron chi connectivity index (χ1n) is 11.0. The van der Waals surface area contributed by atoms with Crippen LogP contribution in [0.1, 0.15) is 30.6 Å². The molecule has 0 saturated heterocycles. The highest BCUT2D eigenvalue weighted by molar-refractivity contribution is 5.94. The molecule has 0 spiro atoms. The van der Waals surface area contributed by atoms with Crippen LogP contribution < -0.4 is 15.4 Å². The number of carbonyl (C=O) groups excluding carboxylic acids is 1. The van der Waals surface area contributed by atoms with Crippen LogP contribution in [0.2, 0.25) is 0 Å². The normalized spacial score (nSPS) is 11.7. The molecule has 1 heterocycles. The average Bonchev–Trinajstić information content (AvgIpc) is 2.82. The summed E-state index contributed by atoms with van der Waals surface area (Å²) in [5.74, 6) is -2.26. The highest BCUT2D eigenvalue weighted by Gasteiger charge is 2.16. The van der Waals surface area contributed by atoms with Gasteiger partial charge in [0.2, 0.25) is 5.88 Å². The van der Waals surface area contributed by atoms with E-state index >= 15 is 0 Å². The van der Waals surface area contributed by atoms with Crippen molar-refractivity contribution in [3.05, 3.63) is 71.8 Å². The van der Waals surface area contributed by atoms with Gasteiger partial charge in [0.05, 0.1) is 18.2 Å². The lowest BCUT2D eigenvalue weighted by Crippen LogP contribution is -2.32. The summed E-state index contributed by atoms with van der Waals surface area (Å²) in [6.45, 7) is 4.38. The maximum Gasteiger partial charge on any atom is 0.305 e. The molecule has 184 valence electrons. The number of aromatic nitrogens is 2. The van der Waals surface area contributed by atoms with Crippen molar-refractivity contribution in [2.24, 2.45) is 5.92 Å². The molecule has 1 atom stereocenters. The minimum atomic E-state index is -0.976. The molecule has 0 unspecified atom stereocenters. The molecule has 1 amide bonds. The lowest BCUT2D eigenvalue weighted by atomic mass is 10.0. The summed E-state index contributed by atoms with van der Waals surface area (Å²) in [6.07, 6.45) is -0.141. The van der Waals surface area contributed by atoms with Gasteiger partial charge in [0.25, 0.3) is 5.91 Å². The summed E-state index contributed by atoms with van der Waals surface area (Å²) in [6, 6.07) is 13.1. The molecule has 0 radical (unpaired) electrons. The molecule has 3 aromatic rings. The molecule has 0 fully saturated rings. The van der Waals surface area contributed by atoms with E-state index in [0.717, 1.165) is 17.8 Å². The van der Waals surface area contributed by atoms with Crippen molar-refractivity contribution in [2.45, 2.75) is 26.3 Å². The number of benzene rings is 2. The number of hydrogen-bond donors (Lipinski definition) is 3. The third-order valence-electron chi connectivity index (χ3n) is 5.19. The third-order valence-corrected chi connectivity index (χ3v) is 5.19. The summed E-state index contributed by atoms with van der Waals surface area (Å²) < 4.78 is 32.8. The molecule has 0 aliphatic rings. The molecule has 0 saturated carbocycles. The Bertz CT molecular complexity index is 1160. The number of hydrogen-bond acceptors (Lipinski definition) is 6. The van der Waals surface area contributed by atoms with Crippen molar-refractivity contribution in [1.29, 1.82) is 0 Å². The van der Waals surface area contributed by atoms with Crippen LogP contribution in [0, 0.1) is 17.6 Å². The van der Waals surface area contributed by atoms with Gasteiger partial charge in [0.15, 0.2) is 0 Å². The summed E-state index contributed by atoms with van der Waals surface area (Å²) in [5, 5.41) is 22.5. The molecule has 3 N–H and O–H groups in total. The first-order valence-corrected chi connectivity index (χ1v) is 11.0. The van der Waals surface area contributed by atoms with Gasteiger partial charge < -0.3 is 20.5 Å². The van der Waals surface area contributed by atoms with E-state index in [-0.39, 0.29) is 54.6 Å². The topological polar surface area (TPSA) is 113 Å². The number of halogens is 2. The molecular weight excluding hydrogens is 458 g/mol. The van der Waals surface area contributed by atoms with Crippen molar-refractivity contribution in [2.75, 3.05) is 18.5 Å². The Labute approximate surface area is 201 Å². The molecule has 10 heteroatoms. The number of amides is 1. The van der Waals surface area contributed by atoms with E-state index in [0.29, 0.717) is 5.56 Å². The van der Waals surface area contributed by atoms with Gasteiger partial charge >= 0.3 is 5.97 Å². The number of rotatable bonds is 11. The molecule has 0 bridgehead atoms. The highest BCUT2D eigenvalue weighted by Crippen LogP contribution is 2.22. The van der Waals surface area contributed by atoms with Crippen molar-refractivity contribution in [3.63, 3.8) is 0 Å². The van der Waals surface area contributed by atoms with Crippen molar-refractivity contribution in [3.8, 4) is 17.1 Å². The van der Waals surface area contributed by atoms with Gasteiger partial charge in [-0.3, -0.25) is 9.59 Å². The smallest absolute Gasteiger partial charge is 0.305 e. The zero-order valence-corrected chi connectivity index (χ0v) is 19.3. The Balaban J connectivity index is 1.56. The maximum absolute atomic E-state index is 13.9.